The van der Waals surface area contributed by atoms with Gasteiger partial charge < -0.3 is 5.32 Å². The zero-order chi connectivity index (χ0) is 18.7. The standard InChI is InChI=1S/C17H15F4N5/c1-11(12-3-2-4-14(18)9-12)22-10-16-23-24-25-26(16)15-7-5-13(6-8-15)17(19,20)21/h2-9,11,22H,10H2,1H3/t11-/m1/s1. The van der Waals surface area contributed by atoms with E-state index in [-0.39, 0.29) is 18.4 Å². The van der Waals surface area contributed by atoms with Gasteiger partial charge in [-0.05, 0) is 59.3 Å². The molecule has 0 amide bonds. The van der Waals surface area contributed by atoms with E-state index in [1.165, 1.54) is 28.9 Å². The van der Waals surface area contributed by atoms with Gasteiger partial charge in [-0.1, -0.05) is 12.1 Å². The molecule has 3 rings (SSSR count). The lowest BCUT2D eigenvalue weighted by Gasteiger charge is -2.14. The van der Waals surface area contributed by atoms with Crippen LogP contribution in [0.15, 0.2) is 48.5 Å². The number of halogens is 4. The zero-order valence-corrected chi connectivity index (χ0v) is 13.7. The molecular formula is C17H15F4N5. The summed E-state index contributed by atoms with van der Waals surface area (Å²) in [7, 11) is 0. The van der Waals surface area contributed by atoms with E-state index in [0.717, 1.165) is 17.7 Å². The van der Waals surface area contributed by atoms with Crippen molar-refractivity contribution in [2.45, 2.75) is 25.7 Å². The molecule has 0 bridgehead atoms. The molecule has 2 aromatic carbocycles. The molecule has 0 aliphatic carbocycles. The second kappa shape index (κ2) is 7.20. The van der Waals surface area contributed by atoms with Crippen LogP contribution >= 0.6 is 0 Å². The lowest BCUT2D eigenvalue weighted by atomic mass is 10.1. The molecule has 0 aliphatic rings. The molecule has 1 N–H and O–H groups in total. The summed E-state index contributed by atoms with van der Waals surface area (Å²) in [6, 6.07) is 10.6. The van der Waals surface area contributed by atoms with Crippen molar-refractivity contribution in [2.24, 2.45) is 0 Å². The van der Waals surface area contributed by atoms with E-state index >= 15 is 0 Å². The van der Waals surface area contributed by atoms with Crippen LogP contribution in [0, 0.1) is 5.82 Å². The Morgan fingerprint density at radius 2 is 1.85 bits per heavy atom. The van der Waals surface area contributed by atoms with E-state index in [2.05, 4.69) is 20.8 Å². The number of nitrogens with one attached hydrogen (secondary N) is 1. The molecule has 1 atom stereocenters. The number of hydrogen-bond acceptors (Lipinski definition) is 4. The van der Waals surface area contributed by atoms with Gasteiger partial charge >= 0.3 is 6.18 Å². The largest absolute Gasteiger partial charge is 0.416 e. The van der Waals surface area contributed by atoms with Gasteiger partial charge in [0, 0.05) is 6.04 Å². The van der Waals surface area contributed by atoms with Crippen LogP contribution in [0.5, 0.6) is 0 Å². The molecule has 0 spiro atoms. The zero-order valence-electron chi connectivity index (χ0n) is 13.7. The second-order valence-corrected chi connectivity index (χ2v) is 5.71. The van der Waals surface area contributed by atoms with E-state index in [0.29, 0.717) is 11.5 Å². The van der Waals surface area contributed by atoms with Crippen LogP contribution < -0.4 is 5.32 Å². The van der Waals surface area contributed by atoms with Crippen LogP contribution in [0.25, 0.3) is 5.69 Å². The average Bonchev–Trinajstić information content (AvgIpc) is 3.07. The molecule has 9 heteroatoms. The van der Waals surface area contributed by atoms with Crippen LogP contribution in [-0.2, 0) is 12.7 Å². The highest BCUT2D eigenvalue weighted by molar-refractivity contribution is 5.35. The van der Waals surface area contributed by atoms with Crippen molar-refractivity contribution < 1.29 is 17.6 Å². The third-order valence-electron chi connectivity index (χ3n) is 3.89. The van der Waals surface area contributed by atoms with E-state index in [4.69, 9.17) is 0 Å². The molecule has 1 aromatic heterocycles. The van der Waals surface area contributed by atoms with Gasteiger partial charge in [-0.15, -0.1) is 5.10 Å². The maximum atomic E-state index is 13.3. The second-order valence-electron chi connectivity index (χ2n) is 5.71. The molecule has 0 aliphatic heterocycles. The molecule has 3 aromatic rings. The van der Waals surface area contributed by atoms with Gasteiger partial charge in [-0.25, -0.2) is 4.39 Å². The molecule has 1 heterocycles. The summed E-state index contributed by atoms with van der Waals surface area (Å²) in [5.41, 5.74) is 0.436. The molecular weight excluding hydrogens is 350 g/mol. The number of nitrogens with zero attached hydrogens (tertiary/aromatic N) is 4. The lowest BCUT2D eigenvalue weighted by molar-refractivity contribution is -0.137. The number of benzene rings is 2. The number of tetrazole rings is 1. The predicted octanol–water partition coefficient (Wildman–Crippen LogP) is 3.67. The SMILES string of the molecule is C[C@@H](NCc1nnnn1-c1ccc(C(F)(F)F)cc1)c1cccc(F)c1. The third kappa shape index (κ3) is 4.05. The normalized spacial score (nSPS) is 13.0. The highest BCUT2D eigenvalue weighted by Crippen LogP contribution is 2.29. The summed E-state index contributed by atoms with van der Waals surface area (Å²) in [6.07, 6.45) is -4.40. The van der Waals surface area contributed by atoms with Crippen LogP contribution in [-0.4, -0.2) is 20.2 Å². The molecule has 0 saturated heterocycles. The minimum Gasteiger partial charge on any atom is -0.303 e. The molecule has 0 saturated carbocycles. The summed E-state index contributed by atoms with van der Waals surface area (Å²) in [5, 5.41) is 14.4. The van der Waals surface area contributed by atoms with Crippen molar-refractivity contribution in [3.8, 4) is 5.69 Å². The highest BCUT2D eigenvalue weighted by atomic mass is 19.4. The fourth-order valence-corrected chi connectivity index (χ4v) is 2.45. The van der Waals surface area contributed by atoms with Gasteiger partial charge in [0.05, 0.1) is 17.8 Å². The number of aromatic nitrogens is 4. The fourth-order valence-electron chi connectivity index (χ4n) is 2.45. The smallest absolute Gasteiger partial charge is 0.303 e. The minimum atomic E-state index is -4.40. The van der Waals surface area contributed by atoms with Crippen molar-refractivity contribution in [1.82, 2.24) is 25.5 Å². The first-order valence-electron chi connectivity index (χ1n) is 7.78. The lowest BCUT2D eigenvalue weighted by Crippen LogP contribution is -2.21. The average molecular weight is 365 g/mol. The van der Waals surface area contributed by atoms with Gasteiger partial charge in [0.2, 0.25) is 0 Å². The summed E-state index contributed by atoms with van der Waals surface area (Å²) in [4.78, 5) is 0. The highest BCUT2D eigenvalue weighted by Gasteiger charge is 2.30. The summed E-state index contributed by atoms with van der Waals surface area (Å²) in [5.74, 6) is 0.0961. The molecule has 0 fully saturated rings. The van der Waals surface area contributed by atoms with Crippen LogP contribution in [0.4, 0.5) is 17.6 Å². The molecule has 0 unspecified atom stereocenters. The van der Waals surface area contributed by atoms with Gasteiger partial charge in [-0.3, -0.25) is 0 Å². The topological polar surface area (TPSA) is 55.6 Å². The molecule has 136 valence electrons. The number of alkyl halides is 3. The Morgan fingerprint density at radius 3 is 2.50 bits per heavy atom. The molecule has 26 heavy (non-hydrogen) atoms. The molecule has 0 radical (unpaired) electrons. The summed E-state index contributed by atoms with van der Waals surface area (Å²) in [6.45, 7) is 2.12. The monoisotopic (exact) mass is 365 g/mol. The maximum Gasteiger partial charge on any atom is 0.416 e. The van der Waals surface area contributed by atoms with Crippen molar-refractivity contribution in [2.75, 3.05) is 0 Å². The van der Waals surface area contributed by atoms with E-state index in [9.17, 15) is 17.6 Å². The quantitative estimate of drug-likeness (QED) is 0.701. The van der Waals surface area contributed by atoms with E-state index in [1.807, 2.05) is 6.92 Å². The van der Waals surface area contributed by atoms with Gasteiger partial charge in [0.15, 0.2) is 5.82 Å². The predicted molar refractivity (Wildman–Crippen MR) is 85.8 cm³/mol. The van der Waals surface area contributed by atoms with Crippen molar-refractivity contribution in [3.63, 3.8) is 0 Å². The van der Waals surface area contributed by atoms with Crippen LogP contribution in [0.3, 0.4) is 0 Å². The fraction of sp³-hybridized carbons (Fsp3) is 0.235. The Morgan fingerprint density at radius 1 is 1.12 bits per heavy atom. The Bertz CT molecular complexity index is 873. The summed E-state index contributed by atoms with van der Waals surface area (Å²) >= 11 is 0. The van der Waals surface area contributed by atoms with Gasteiger partial charge in [0.25, 0.3) is 0 Å². The van der Waals surface area contributed by atoms with E-state index < -0.39 is 11.7 Å². The van der Waals surface area contributed by atoms with E-state index in [1.54, 1.807) is 12.1 Å². The van der Waals surface area contributed by atoms with Gasteiger partial charge in [0.1, 0.15) is 5.82 Å². The Balaban J connectivity index is 1.72. The Labute approximate surface area is 146 Å². The van der Waals surface area contributed by atoms with Crippen molar-refractivity contribution >= 4 is 0 Å². The Hall–Kier alpha value is -2.81. The number of rotatable bonds is 5. The van der Waals surface area contributed by atoms with Crippen LogP contribution in [0.1, 0.15) is 29.9 Å². The maximum absolute atomic E-state index is 13.3. The molecule has 5 nitrogen and oxygen atoms in total. The first-order valence-corrected chi connectivity index (χ1v) is 7.78. The van der Waals surface area contributed by atoms with Gasteiger partial charge in [-0.2, -0.15) is 17.9 Å². The van der Waals surface area contributed by atoms with Crippen LogP contribution in [0.2, 0.25) is 0 Å². The first-order chi connectivity index (χ1) is 12.3. The third-order valence-corrected chi connectivity index (χ3v) is 3.89. The number of hydrogen-bond donors (Lipinski definition) is 1. The van der Waals surface area contributed by atoms with Crippen molar-refractivity contribution in [1.29, 1.82) is 0 Å². The van der Waals surface area contributed by atoms with Crippen molar-refractivity contribution in [3.05, 3.63) is 71.3 Å². The first kappa shape index (κ1) is 18.0. The Kier molecular flexibility index (Phi) is 4.99. The summed E-state index contributed by atoms with van der Waals surface area (Å²) < 4.78 is 52.6. The minimum absolute atomic E-state index is 0.163.